The summed E-state index contributed by atoms with van der Waals surface area (Å²) in [7, 11) is -3.64. The quantitative estimate of drug-likeness (QED) is 0.390. The number of hydrogen-bond acceptors (Lipinski definition) is 6. The molecule has 0 saturated heterocycles. The minimum Gasteiger partial charge on any atom is -0.454 e. The number of rotatable bonds is 11. The number of carbonyl (C=O) groups excluding carboxylic acids is 2. The third-order valence-corrected chi connectivity index (χ3v) is 7.95. The molecule has 0 fully saturated rings. The van der Waals surface area contributed by atoms with Gasteiger partial charge < -0.3 is 19.7 Å². The van der Waals surface area contributed by atoms with Crippen LogP contribution >= 0.6 is 23.2 Å². The zero-order chi connectivity index (χ0) is 29.0. The van der Waals surface area contributed by atoms with Crippen LogP contribution < -0.4 is 19.1 Å². The van der Waals surface area contributed by atoms with E-state index in [4.69, 9.17) is 32.7 Å². The van der Waals surface area contributed by atoms with Crippen molar-refractivity contribution < 1.29 is 27.5 Å². The fourth-order valence-electron chi connectivity index (χ4n) is 4.25. The van der Waals surface area contributed by atoms with E-state index >= 15 is 0 Å². The number of anilines is 1. The fourth-order valence-corrected chi connectivity index (χ4v) is 5.53. The average Bonchev–Trinajstić information content (AvgIpc) is 3.30. The van der Waals surface area contributed by atoms with Gasteiger partial charge in [0.15, 0.2) is 11.5 Å². The molecular formula is C27H35Cl2N3O6S. The van der Waals surface area contributed by atoms with E-state index in [1.165, 1.54) is 9.21 Å². The lowest BCUT2D eigenvalue weighted by molar-refractivity contribution is -0.142. The van der Waals surface area contributed by atoms with Crippen LogP contribution in [0.4, 0.5) is 5.69 Å². The third-order valence-electron chi connectivity index (χ3n) is 6.02. The predicted molar refractivity (Wildman–Crippen MR) is 153 cm³/mol. The van der Waals surface area contributed by atoms with Crippen molar-refractivity contribution in [3.05, 3.63) is 52.0 Å². The standard InChI is InChI=1S/C27H35Cl2N3O6S/c1-6-22(26(34)30-27(2,3)4)31(16-18-9-11-20(28)21(29)14-18)25(33)8-7-13-32(39(5,35)36)19-10-12-23-24(15-19)38-17-37-23/h9-12,14-15,22H,6-8,13,16-17H2,1-5H3,(H,30,34)/t22-/m0/s1. The molecular weight excluding hydrogens is 565 g/mol. The monoisotopic (exact) mass is 599 g/mol. The van der Waals surface area contributed by atoms with Crippen LogP contribution in [0, 0.1) is 0 Å². The van der Waals surface area contributed by atoms with Crippen molar-refractivity contribution in [2.75, 3.05) is 23.9 Å². The lowest BCUT2D eigenvalue weighted by Crippen LogP contribution is -2.53. The van der Waals surface area contributed by atoms with E-state index in [0.29, 0.717) is 33.7 Å². The Morgan fingerprint density at radius 3 is 2.36 bits per heavy atom. The Kier molecular flexibility index (Phi) is 10.0. The van der Waals surface area contributed by atoms with Crippen LogP contribution in [0.5, 0.6) is 11.5 Å². The topological polar surface area (TPSA) is 105 Å². The number of benzene rings is 2. The first-order valence-electron chi connectivity index (χ1n) is 12.6. The molecule has 2 aromatic carbocycles. The SMILES string of the molecule is CC[C@@H](C(=O)NC(C)(C)C)N(Cc1ccc(Cl)c(Cl)c1)C(=O)CCCN(c1ccc2c(c1)OCO2)S(C)(=O)=O. The van der Waals surface area contributed by atoms with Crippen molar-refractivity contribution in [1.29, 1.82) is 0 Å². The Hall–Kier alpha value is -2.69. The Morgan fingerprint density at radius 2 is 1.74 bits per heavy atom. The lowest BCUT2D eigenvalue weighted by Gasteiger charge is -2.33. The summed E-state index contributed by atoms with van der Waals surface area (Å²) in [5, 5.41) is 3.70. The summed E-state index contributed by atoms with van der Waals surface area (Å²) in [6.07, 6.45) is 1.76. The van der Waals surface area contributed by atoms with Crippen molar-refractivity contribution in [2.45, 2.75) is 65.1 Å². The number of nitrogens with one attached hydrogen (secondary N) is 1. The van der Waals surface area contributed by atoms with Gasteiger partial charge in [-0.05, 0) is 63.4 Å². The lowest BCUT2D eigenvalue weighted by atomic mass is 10.0. The molecule has 1 aliphatic heterocycles. The smallest absolute Gasteiger partial charge is 0.243 e. The van der Waals surface area contributed by atoms with Gasteiger partial charge in [-0.3, -0.25) is 13.9 Å². The summed E-state index contributed by atoms with van der Waals surface area (Å²) in [4.78, 5) is 28.3. The molecule has 1 atom stereocenters. The summed E-state index contributed by atoms with van der Waals surface area (Å²) < 4.78 is 37.1. The van der Waals surface area contributed by atoms with Crippen LogP contribution in [0.1, 0.15) is 52.5 Å². The van der Waals surface area contributed by atoms with Crippen LogP contribution in [-0.2, 0) is 26.2 Å². The normalized spacial score (nSPS) is 13.6. The van der Waals surface area contributed by atoms with Gasteiger partial charge in [-0.15, -0.1) is 0 Å². The third kappa shape index (κ3) is 8.40. The van der Waals surface area contributed by atoms with E-state index < -0.39 is 21.6 Å². The van der Waals surface area contributed by atoms with Crippen molar-refractivity contribution in [3.8, 4) is 11.5 Å². The minimum atomic E-state index is -3.64. The van der Waals surface area contributed by atoms with Crippen molar-refractivity contribution in [2.24, 2.45) is 0 Å². The van der Waals surface area contributed by atoms with Gasteiger partial charge in [0.05, 0.1) is 22.0 Å². The van der Waals surface area contributed by atoms with Gasteiger partial charge in [0, 0.05) is 31.1 Å². The molecule has 0 saturated carbocycles. The van der Waals surface area contributed by atoms with E-state index in [1.54, 1.807) is 36.4 Å². The van der Waals surface area contributed by atoms with E-state index in [1.807, 2.05) is 27.7 Å². The molecule has 0 unspecified atom stereocenters. The molecule has 0 aliphatic carbocycles. The molecule has 0 aromatic heterocycles. The first kappa shape index (κ1) is 30.8. The van der Waals surface area contributed by atoms with Crippen LogP contribution in [0.25, 0.3) is 0 Å². The fraction of sp³-hybridized carbons (Fsp3) is 0.481. The van der Waals surface area contributed by atoms with Crippen LogP contribution in [0.3, 0.4) is 0 Å². The zero-order valence-corrected chi connectivity index (χ0v) is 25.1. The van der Waals surface area contributed by atoms with Gasteiger partial charge in [-0.1, -0.05) is 36.2 Å². The molecule has 0 radical (unpaired) electrons. The number of sulfonamides is 1. The maximum Gasteiger partial charge on any atom is 0.243 e. The Labute approximate surface area is 240 Å². The Bertz CT molecular complexity index is 1310. The molecule has 3 rings (SSSR count). The van der Waals surface area contributed by atoms with E-state index in [-0.39, 0.29) is 44.5 Å². The molecule has 12 heteroatoms. The molecule has 0 bridgehead atoms. The number of carbonyl (C=O) groups is 2. The molecule has 1 N–H and O–H groups in total. The number of halogens is 2. The second kappa shape index (κ2) is 12.7. The van der Waals surface area contributed by atoms with E-state index in [2.05, 4.69) is 5.32 Å². The zero-order valence-electron chi connectivity index (χ0n) is 22.8. The molecule has 1 heterocycles. The highest BCUT2D eigenvalue weighted by Gasteiger charge is 2.31. The van der Waals surface area contributed by atoms with Gasteiger partial charge in [-0.2, -0.15) is 0 Å². The molecule has 0 spiro atoms. The minimum absolute atomic E-state index is 0.0250. The second-order valence-corrected chi connectivity index (χ2v) is 13.1. The summed E-state index contributed by atoms with van der Waals surface area (Å²) in [5.74, 6) is 0.452. The number of nitrogens with zero attached hydrogens (tertiary/aromatic N) is 2. The number of amides is 2. The van der Waals surface area contributed by atoms with Gasteiger partial charge in [0.25, 0.3) is 0 Å². The summed E-state index contributed by atoms with van der Waals surface area (Å²) in [5.41, 5.74) is 0.652. The number of ether oxygens (including phenoxy) is 2. The summed E-state index contributed by atoms with van der Waals surface area (Å²) in [6, 6.07) is 9.23. The Balaban J connectivity index is 1.80. The molecule has 214 valence electrons. The van der Waals surface area contributed by atoms with E-state index in [9.17, 15) is 18.0 Å². The average molecular weight is 601 g/mol. The van der Waals surface area contributed by atoms with Gasteiger partial charge in [0.1, 0.15) is 6.04 Å². The highest BCUT2D eigenvalue weighted by atomic mass is 35.5. The summed E-state index contributed by atoms with van der Waals surface area (Å²) in [6.45, 7) is 7.74. The molecule has 39 heavy (non-hydrogen) atoms. The predicted octanol–water partition coefficient (Wildman–Crippen LogP) is 4.99. The highest BCUT2D eigenvalue weighted by molar-refractivity contribution is 7.92. The first-order valence-corrected chi connectivity index (χ1v) is 15.2. The second-order valence-electron chi connectivity index (χ2n) is 10.4. The van der Waals surface area contributed by atoms with Crippen LogP contribution in [0.2, 0.25) is 10.0 Å². The van der Waals surface area contributed by atoms with Crippen LogP contribution in [-0.4, -0.2) is 56.3 Å². The van der Waals surface area contributed by atoms with Gasteiger partial charge >= 0.3 is 0 Å². The van der Waals surface area contributed by atoms with Crippen molar-refractivity contribution in [1.82, 2.24) is 10.2 Å². The number of fused-ring (bicyclic) bond motifs is 1. The van der Waals surface area contributed by atoms with Crippen LogP contribution in [0.15, 0.2) is 36.4 Å². The van der Waals surface area contributed by atoms with Gasteiger partial charge in [0.2, 0.25) is 28.6 Å². The van der Waals surface area contributed by atoms with Gasteiger partial charge in [-0.25, -0.2) is 8.42 Å². The van der Waals surface area contributed by atoms with Crippen molar-refractivity contribution in [3.63, 3.8) is 0 Å². The van der Waals surface area contributed by atoms with Crippen molar-refractivity contribution >= 4 is 50.7 Å². The molecule has 9 nitrogen and oxygen atoms in total. The molecule has 2 amide bonds. The maximum atomic E-state index is 13.6. The van der Waals surface area contributed by atoms with E-state index in [0.717, 1.165) is 11.8 Å². The number of hydrogen-bond donors (Lipinski definition) is 1. The highest BCUT2D eigenvalue weighted by Crippen LogP contribution is 2.36. The summed E-state index contributed by atoms with van der Waals surface area (Å²) >= 11 is 12.3. The maximum absolute atomic E-state index is 13.6. The first-order chi connectivity index (χ1) is 18.2. The largest absolute Gasteiger partial charge is 0.454 e. The molecule has 2 aromatic rings. The molecule has 1 aliphatic rings. The Morgan fingerprint density at radius 1 is 1.05 bits per heavy atom.